The summed E-state index contributed by atoms with van der Waals surface area (Å²) in [6.45, 7) is 1.15. The number of halogens is 2. The van der Waals surface area contributed by atoms with E-state index in [4.69, 9.17) is 10.5 Å². The maximum atomic E-state index is 15.5. The third kappa shape index (κ3) is 5.97. The van der Waals surface area contributed by atoms with Gasteiger partial charge in [0.25, 0.3) is 0 Å². The minimum Gasteiger partial charge on any atom is -0.457 e. The zero-order valence-corrected chi connectivity index (χ0v) is 22.1. The zero-order valence-electron chi connectivity index (χ0n) is 22.1. The van der Waals surface area contributed by atoms with E-state index in [2.05, 4.69) is 10.3 Å². The molecule has 1 saturated carbocycles. The van der Waals surface area contributed by atoms with Crippen molar-refractivity contribution in [1.82, 2.24) is 9.88 Å². The van der Waals surface area contributed by atoms with Gasteiger partial charge in [-0.05, 0) is 74.1 Å². The number of ether oxygens (including phenoxy) is 1. The molecular weight excluding hydrogens is 536 g/mol. The van der Waals surface area contributed by atoms with Crippen LogP contribution in [-0.4, -0.2) is 52.5 Å². The van der Waals surface area contributed by atoms with E-state index in [0.717, 1.165) is 35.9 Å². The first-order valence-corrected chi connectivity index (χ1v) is 13.2. The molecule has 2 heterocycles. The maximum Gasteiger partial charge on any atom is 0.323 e. The van der Waals surface area contributed by atoms with Crippen molar-refractivity contribution in [3.8, 4) is 11.5 Å². The monoisotopic (exact) mass is 565 g/mol. The van der Waals surface area contributed by atoms with Crippen LogP contribution in [0.1, 0.15) is 25.7 Å². The Balaban J connectivity index is 1.33. The molecule has 2 aromatic carbocycles. The second-order valence-electron chi connectivity index (χ2n) is 10.2. The van der Waals surface area contributed by atoms with Crippen LogP contribution < -0.4 is 20.7 Å². The van der Waals surface area contributed by atoms with Crippen LogP contribution in [-0.2, 0) is 9.59 Å². The molecule has 1 saturated heterocycles. The first-order chi connectivity index (χ1) is 19.7. The third-order valence-electron chi connectivity index (χ3n) is 7.44. The first-order valence-electron chi connectivity index (χ1n) is 13.2. The molecule has 41 heavy (non-hydrogen) atoms. The lowest BCUT2D eigenvalue weighted by Gasteiger charge is -2.30. The number of urea groups is 1. The number of pyridine rings is 1. The quantitative estimate of drug-likeness (QED) is 0.348. The van der Waals surface area contributed by atoms with E-state index in [0.29, 0.717) is 13.1 Å². The number of aliphatic hydroxyl groups is 1. The highest BCUT2D eigenvalue weighted by atomic mass is 19.1. The SMILES string of the molecule is NC(=O)C1(C(=O)N(c2ccc(F)cc2)c2ccc(Oc3ccnc(NC(=O)N4CCC(CO)CC4)c3)cc2F)CC1. The molecule has 0 bridgehead atoms. The lowest BCUT2D eigenvalue weighted by atomic mass is 9.98. The van der Waals surface area contributed by atoms with Crippen molar-refractivity contribution in [2.24, 2.45) is 17.1 Å². The molecule has 1 aliphatic carbocycles. The van der Waals surface area contributed by atoms with Crippen molar-refractivity contribution in [3.05, 3.63) is 72.4 Å². The summed E-state index contributed by atoms with van der Waals surface area (Å²) in [6.07, 6.45) is 3.35. The molecule has 1 aliphatic heterocycles. The Morgan fingerprint density at radius 3 is 2.34 bits per heavy atom. The van der Waals surface area contributed by atoms with Gasteiger partial charge >= 0.3 is 6.03 Å². The van der Waals surface area contributed by atoms with Crippen LogP contribution in [0.25, 0.3) is 0 Å². The Bertz CT molecular complexity index is 1460. The molecule has 2 aliphatic rings. The van der Waals surface area contributed by atoms with E-state index in [9.17, 15) is 23.9 Å². The van der Waals surface area contributed by atoms with E-state index < -0.39 is 28.9 Å². The van der Waals surface area contributed by atoms with Crippen LogP contribution >= 0.6 is 0 Å². The molecule has 3 aromatic rings. The number of nitrogens with one attached hydrogen (secondary N) is 1. The topological polar surface area (TPSA) is 138 Å². The van der Waals surface area contributed by atoms with E-state index in [1.807, 2.05) is 0 Å². The van der Waals surface area contributed by atoms with Gasteiger partial charge in [0, 0.05) is 43.7 Å². The molecule has 0 spiro atoms. The van der Waals surface area contributed by atoms with Gasteiger partial charge in [0.15, 0.2) is 5.82 Å². The van der Waals surface area contributed by atoms with Gasteiger partial charge in [-0.2, -0.15) is 0 Å². The highest BCUT2D eigenvalue weighted by molar-refractivity contribution is 6.16. The predicted octanol–water partition coefficient (Wildman–Crippen LogP) is 4.32. The van der Waals surface area contributed by atoms with Gasteiger partial charge in [0.1, 0.15) is 28.5 Å². The number of carbonyl (C=O) groups is 3. The number of piperidine rings is 1. The van der Waals surface area contributed by atoms with Crippen LogP contribution in [0.2, 0.25) is 0 Å². The molecule has 5 rings (SSSR count). The molecule has 214 valence electrons. The van der Waals surface area contributed by atoms with Crippen molar-refractivity contribution in [1.29, 1.82) is 0 Å². The minimum absolute atomic E-state index is 0.100. The zero-order chi connectivity index (χ0) is 29.1. The molecule has 0 atom stereocenters. The lowest BCUT2D eigenvalue weighted by Crippen LogP contribution is -2.41. The average molecular weight is 566 g/mol. The molecule has 10 nitrogen and oxygen atoms in total. The fourth-order valence-electron chi connectivity index (χ4n) is 4.78. The van der Waals surface area contributed by atoms with Crippen molar-refractivity contribution < 1.29 is 33.0 Å². The Hall–Kier alpha value is -4.58. The van der Waals surface area contributed by atoms with Crippen LogP contribution in [0, 0.1) is 23.0 Å². The van der Waals surface area contributed by atoms with Gasteiger partial charge in [-0.1, -0.05) is 0 Å². The number of nitrogens with zero attached hydrogens (tertiary/aromatic N) is 3. The maximum absolute atomic E-state index is 15.5. The number of aromatic nitrogens is 1. The molecule has 0 unspecified atom stereocenters. The molecule has 1 aromatic heterocycles. The molecule has 0 radical (unpaired) electrons. The smallest absolute Gasteiger partial charge is 0.323 e. The highest BCUT2D eigenvalue weighted by Gasteiger charge is 2.57. The molecule has 2 fully saturated rings. The fraction of sp³-hybridized carbons (Fsp3) is 0.310. The summed E-state index contributed by atoms with van der Waals surface area (Å²) >= 11 is 0. The van der Waals surface area contributed by atoms with Crippen LogP contribution in [0.4, 0.5) is 30.8 Å². The van der Waals surface area contributed by atoms with Gasteiger partial charge in [-0.3, -0.25) is 19.8 Å². The number of hydrogen-bond donors (Lipinski definition) is 3. The number of nitrogens with two attached hydrogens (primary N) is 1. The van der Waals surface area contributed by atoms with Crippen LogP contribution in [0.5, 0.6) is 11.5 Å². The van der Waals surface area contributed by atoms with Gasteiger partial charge < -0.3 is 20.5 Å². The Kier molecular flexibility index (Phi) is 7.84. The number of amides is 4. The summed E-state index contributed by atoms with van der Waals surface area (Å²) in [4.78, 5) is 44.9. The fourth-order valence-corrected chi connectivity index (χ4v) is 4.78. The molecule has 4 amide bonds. The standard InChI is InChI=1S/C29H29F2N5O5/c30-19-1-3-20(4-2-19)36(27(39)29(10-11-29)26(32)38)24-6-5-21(15-23(24)31)41-22-7-12-33-25(16-22)34-28(40)35-13-8-18(17-37)9-14-35/h1-7,12,15-16,18,37H,8-11,13-14,17H2,(H2,32,38)(H,33,34,40). The largest absolute Gasteiger partial charge is 0.457 e. The summed E-state index contributed by atoms with van der Waals surface area (Å²) in [6, 6.07) is 11.4. The first kappa shape index (κ1) is 28.0. The number of benzene rings is 2. The summed E-state index contributed by atoms with van der Waals surface area (Å²) < 4.78 is 34.9. The highest BCUT2D eigenvalue weighted by Crippen LogP contribution is 2.49. The Morgan fingerprint density at radius 1 is 1.05 bits per heavy atom. The lowest BCUT2D eigenvalue weighted by molar-refractivity contribution is -0.133. The Morgan fingerprint density at radius 2 is 1.73 bits per heavy atom. The number of anilines is 3. The van der Waals surface area contributed by atoms with E-state index in [-0.39, 0.29) is 60.1 Å². The number of carbonyl (C=O) groups excluding carboxylic acids is 3. The molecule has 4 N–H and O–H groups in total. The number of primary amides is 1. The van der Waals surface area contributed by atoms with Gasteiger partial charge in [-0.25, -0.2) is 18.6 Å². The number of likely N-dealkylation sites (tertiary alicyclic amines) is 1. The second kappa shape index (κ2) is 11.5. The van der Waals surface area contributed by atoms with Crippen molar-refractivity contribution in [3.63, 3.8) is 0 Å². The molecular formula is C29H29F2N5O5. The van der Waals surface area contributed by atoms with E-state index >= 15 is 4.39 Å². The number of aliphatic hydroxyl groups excluding tert-OH is 1. The van der Waals surface area contributed by atoms with Gasteiger partial charge in [0.2, 0.25) is 11.8 Å². The van der Waals surface area contributed by atoms with E-state index in [1.54, 1.807) is 4.90 Å². The minimum atomic E-state index is -1.44. The second-order valence-corrected chi connectivity index (χ2v) is 10.2. The number of hydrogen-bond acceptors (Lipinski definition) is 6. The van der Waals surface area contributed by atoms with Gasteiger partial charge in [-0.15, -0.1) is 0 Å². The van der Waals surface area contributed by atoms with Crippen LogP contribution in [0.3, 0.4) is 0 Å². The third-order valence-corrected chi connectivity index (χ3v) is 7.44. The summed E-state index contributed by atoms with van der Waals surface area (Å²) in [5.74, 6) is -2.05. The van der Waals surface area contributed by atoms with Crippen molar-refractivity contribution >= 4 is 35.0 Å². The normalized spacial score (nSPS) is 16.1. The summed E-state index contributed by atoms with van der Waals surface area (Å²) in [5.41, 5.74) is 4.07. The van der Waals surface area contributed by atoms with Crippen molar-refractivity contribution in [2.75, 3.05) is 29.9 Å². The van der Waals surface area contributed by atoms with Crippen LogP contribution in [0.15, 0.2) is 60.8 Å². The predicted molar refractivity (Wildman–Crippen MR) is 146 cm³/mol. The van der Waals surface area contributed by atoms with Gasteiger partial charge in [0.05, 0.1) is 5.69 Å². The molecule has 12 heteroatoms. The average Bonchev–Trinajstić information content (AvgIpc) is 3.78. The van der Waals surface area contributed by atoms with E-state index in [1.165, 1.54) is 42.6 Å². The van der Waals surface area contributed by atoms with Crippen molar-refractivity contribution in [2.45, 2.75) is 25.7 Å². The summed E-state index contributed by atoms with van der Waals surface area (Å²) in [5, 5.41) is 12.0. The summed E-state index contributed by atoms with van der Waals surface area (Å²) in [7, 11) is 0. The number of rotatable bonds is 8. The Labute approximate surface area is 234 Å².